The number of rotatable bonds is 4. The Kier molecular flexibility index (Phi) is 3.94. The van der Waals surface area contributed by atoms with E-state index in [0.29, 0.717) is 17.1 Å². The third-order valence-corrected chi connectivity index (χ3v) is 3.74. The highest BCUT2D eigenvalue weighted by molar-refractivity contribution is 6.04. The lowest BCUT2D eigenvalue weighted by Crippen LogP contribution is -2.11. The number of aryl methyl sites for hydroxylation is 1. The summed E-state index contributed by atoms with van der Waals surface area (Å²) in [4.78, 5) is 16.7. The molecule has 4 aromatic rings. The number of amides is 1. The van der Waals surface area contributed by atoms with Crippen LogP contribution in [0.25, 0.3) is 17.1 Å². The molecule has 0 spiro atoms. The first kappa shape index (κ1) is 15.6. The minimum Gasteiger partial charge on any atom is -0.322 e. The van der Waals surface area contributed by atoms with Crippen LogP contribution in [0.3, 0.4) is 0 Å². The number of benzene rings is 2. The van der Waals surface area contributed by atoms with Crippen LogP contribution in [0, 0.1) is 6.92 Å². The molecule has 2 aromatic heterocycles. The lowest BCUT2D eigenvalue weighted by molar-refractivity contribution is 0.102. The highest BCUT2D eigenvalue weighted by Gasteiger charge is 2.08. The Morgan fingerprint density at radius 1 is 1.08 bits per heavy atom. The Bertz CT molecular complexity index is 1020. The molecule has 0 saturated carbocycles. The molecule has 1 amide bonds. The van der Waals surface area contributed by atoms with E-state index < -0.39 is 0 Å². The van der Waals surface area contributed by atoms with Gasteiger partial charge in [-0.25, -0.2) is 9.67 Å². The molecular formula is C17H14N8O. The number of H-pyrrole nitrogens is 1. The second-order valence-electron chi connectivity index (χ2n) is 5.58. The van der Waals surface area contributed by atoms with Gasteiger partial charge in [-0.15, -0.1) is 5.10 Å². The minimum atomic E-state index is -0.199. The van der Waals surface area contributed by atoms with Crippen LogP contribution in [0.2, 0.25) is 0 Å². The zero-order chi connectivity index (χ0) is 17.9. The van der Waals surface area contributed by atoms with Crippen molar-refractivity contribution in [3.63, 3.8) is 0 Å². The Morgan fingerprint density at radius 3 is 2.46 bits per heavy atom. The van der Waals surface area contributed by atoms with E-state index in [1.807, 2.05) is 31.2 Å². The van der Waals surface area contributed by atoms with Crippen LogP contribution in [-0.2, 0) is 0 Å². The molecule has 0 aliphatic heterocycles. The average molecular weight is 346 g/mol. The molecule has 0 radical (unpaired) electrons. The van der Waals surface area contributed by atoms with Crippen molar-refractivity contribution in [2.45, 2.75) is 6.92 Å². The van der Waals surface area contributed by atoms with E-state index in [9.17, 15) is 4.79 Å². The highest BCUT2D eigenvalue weighted by Crippen LogP contribution is 2.18. The third-order valence-electron chi connectivity index (χ3n) is 3.74. The Hall–Kier alpha value is -3.88. The van der Waals surface area contributed by atoms with Crippen LogP contribution < -0.4 is 5.32 Å². The van der Waals surface area contributed by atoms with E-state index in [2.05, 4.69) is 36.0 Å². The zero-order valence-electron chi connectivity index (χ0n) is 13.8. The van der Waals surface area contributed by atoms with Crippen LogP contribution >= 0.6 is 0 Å². The molecule has 2 heterocycles. The third kappa shape index (κ3) is 3.18. The molecule has 4 rings (SSSR count). The second kappa shape index (κ2) is 6.55. The summed E-state index contributed by atoms with van der Waals surface area (Å²) >= 11 is 0. The molecule has 128 valence electrons. The summed E-state index contributed by atoms with van der Waals surface area (Å²) in [6, 6.07) is 14.3. The summed E-state index contributed by atoms with van der Waals surface area (Å²) in [7, 11) is 0. The average Bonchev–Trinajstić information content (AvgIpc) is 3.34. The van der Waals surface area contributed by atoms with Gasteiger partial charge in [-0.3, -0.25) is 9.89 Å². The Labute approximate surface area is 148 Å². The van der Waals surface area contributed by atoms with E-state index in [-0.39, 0.29) is 5.91 Å². The molecule has 0 saturated heterocycles. The first-order chi connectivity index (χ1) is 12.7. The van der Waals surface area contributed by atoms with E-state index in [1.54, 1.807) is 24.3 Å². The number of hydrogen-bond acceptors (Lipinski definition) is 6. The lowest BCUT2D eigenvalue weighted by Gasteiger charge is -2.06. The van der Waals surface area contributed by atoms with E-state index in [0.717, 1.165) is 17.1 Å². The summed E-state index contributed by atoms with van der Waals surface area (Å²) in [5.41, 5.74) is 2.88. The smallest absolute Gasteiger partial charge is 0.255 e. The molecule has 0 aliphatic rings. The molecule has 0 atom stereocenters. The molecule has 0 bridgehead atoms. The van der Waals surface area contributed by atoms with Gasteiger partial charge >= 0.3 is 0 Å². The van der Waals surface area contributed by atoms with Crippen LogP contribution in [0.4, 0.5) is 5.69 Å². The number of carbonyl (C=O) groups is 1. The largest absolute Gasteiger partial charge is 0.322 e. The molecular weight excluding hydrogens is 332 g/mol. The van der Waals surface area contributed by atoms with Crippen LogP contribution in [0.1, 0.15) is 16.2 Å². The maximum absolute atomic E-state index is 12.4. The van der Waals surface area contributed by atoms with Crippen molar-refractivity contribution >= 4 is 11.6 Å². The predicted octanol–water partition coefficient (Wildman–Crippen LogP) is 2.01. The topological polar surface area (TPSA) is 114 Å². The number of nitrogens with one attached hydrogen (secondary N) is 2. The number of tetrazole rings is 1. The number of carbonyl (C=O) groups excluding carboxylic acids is 1. The molecule has 0 fully saturated rings. The fourth-order valence-corrected chi connectivity index (χ4v) is 2.42. The SMILES string of the molecule is Cc1nc(-c2ccc(NC(=O)c3ccc(-n4cnnn4)cc3)cc2)n[nH]1. The molecule has 2 aromatic carbocycles. The van der Waals surface area contributed by atoms with E-state index >= 15 is 0 Å². The summed E-state index contributed by atoms with van der Waals surface area (Å²) in [5, 5.41) is 20.8. The van der Waals surface area contributed by atoms with Crippen molar-refractivity contribution < 1.29 is 4.79 Å². The maximum atomic E-state index is 12.4. The van der Waals surface area contributed by atoms with Crippen molar-refractivity contribution in [1.29, 1.82) is 0 Å². The molecule has 26 heavy (non-hydrogen) atoms. The molecule has 0 unspecified atom stereocenters. The summed E-state index contributed by atoms with van der Waals surface area (Å²) in [5.74, 6) is 1.18. The Balaban J connectivity index is 1.46. The number of nitrogens with zero attached hydrogens (tertiary/aromatic N) is 6. The highest BCUT2D eigenvalue weighted by atomic mass is 16.1. The van der Waals surface area contributed by atoms with Gasteiger partial charge in [-0.1, -0.05) is 0 Å². The van der Waals surface area contributed by atoms with Gasteiger partial charge in [0.2, 0.25) is 0 Å². The van der Waals surface area contributed by atoms with Crippen LogP contribution in [0.5, 0.6) is 0 Å². The monoisotopic (exact) mass is 346 g/mol. The van der Waals surface area contributed by atoms with Gasteiger partial charge < -0.3 is 5.32 Å². The van der Waals surface area contributed by atoms with Gasteiger partial charge in [0.25, 0.3) is 5.91 Å². The van der Waals surface area contributed by atoms with Crippen LogP contribution in [0.15, 0.2) is 54.9 Å². The fraction of sp³-hybridized carbons (Fsp3) is 0.0588. The standard InChI is InChI=1S/C17H14N8O/c1-11-19-16(22-21-11)12-2-6-14(7-3-12)20-17(26)13-4-8-15(9-5-13)25-10-18-23-24-25/h2-10H,1H3,(H,20,26)(H,19,21,22). The van der Waals surface area contributed by atoms with Crippen molar-refractivity contribution in [2.75, 3.05) is 5.32 Å². The summed E-state index contributed by atoms with van der Waals surface area (Å²) in [6.45, 7) is 1.84. The maximum Gasteiger partial charge on any atom is 0.255 e. The molecule has 9 nitrogen and oxygen atoms in total. The number of aromatic amines is 1. The number of aromatic nitrogens is 7. The summed E-state index contributed by atoms with van der Waals surface area (Å²) in [6.07, 6.45) is 1.49. The molecule has 2 N–H and O–H groups in total. The normalized spacial score (nSPS) is 10.7. The van der Waals surface area contributed by atoms with Gasteiger partial charge in [-0.05, 0) is 65.9 Å². The predicted molar refractivity (Wildman–Crippen MR) is 93.7 cm³/mol. The van der Waals surface area contributed by atoms with Gasteiger partial charge in [0.1, 0.15) is 12.2 Å². The van der Waals surface area contributed by atoms with Crippen molar-refractivity contribution in [3.8, 4) is 17.1 Å². The number of anilines is 1. The molecule has 0 aliphatic carbocycles. The van der Waals surface area contributed by atoms with E-state index in [1.165, 1.54) is 11.0 Å². The van der Waals surface area contributed by atoms with Crippen molar-refractivity contribution in [3.05, 3.63) is 66.2 Å². The fourth-order valence-electron chi connectivity index (χ4n) is 2.42. The summed E-state index contributed by atoms with van der Waals surface area (Å²) < 4.78 is 1.52. The van der Waals surface area contributed by atoms with Gasteiger partial charge in [0.15, 0.2) is 5.82 Å². The van der Waals surface area contributed by atoms with Crippen molar-refractivity contribution in [2.24, 2.45) is 0 Å². The second-order valence-corrected chi connectivity index (χ2v) is 5.58. The zero-order valence-corrected chi connectivity index (χ0v) is 13.8. The minimum absolute atomic E-state index is 0.199. The quantitative estimate of drug-likeness (QED) is 0.584. The van der Waals surface area contributed by atoms with Crippen LogP contribution in [-0.4, -0.2) is 41.3 Å². The van der Waals surface area contributed by atoms with Crippen molar-refractivity contribution in [1.82, 2.24) is 35.4 Å². The Morgan fingerprint density at radius 2 is 1.85 bits per heavy atom. The number of hydrogen-bond donors (Lipinski definition) is 2. The first-order valence-electron chi connectivity index (χ1n) is 7.83. The first-order valence-corrected chi connectivity index (χ1v) is 7.83. The molecule has 9 heteroatoms. The van der Waals surface area contributed by atoms with Gasteiger partial charge in [0, 0.05) is 16.8 Å². The van der Waals surface area contributed by atoms with E-state index in [4.69, 9.17) is 0 Å². The van der Waals surface area contributed by atoms with Gasteiger partial charge in [0.05, 0.1) is 5.69 Å². The lowest BCUT2D eigenvalue weighted by atomic mass is 10.1. The van der Waals surface area contributed by atoms with Gasteiger partial charge in [-0.2, -0.15) is 5.10 Å².